The Labute approximate surface area is 340 Å². The minimum absolute atomic E-state index is 0.0649. The summed E-state index contributed by atoms with van der Waals surface area (Å²) in [6.45, 7) is 0. The van der Waals surface area contributed by atoms with Crippen molar-refractivity contribution in [2.24, 2.45) is 0 Å². The number of fused-ring (bicyclic) bond motifs is 6. The predicted octanol–water partition coefficient (Wildman–Crippen LogP) is 14.6. The summed E-state index contributed by atoms with van der Waals surface area (Å²) in [6, 6.07) is 48.7. The van der Waals surface area contributed by atoms with Gasteiger partial charge in [-0.1, -0.05) is 152 Å². The molecule has 8 aromatic carbocycles. The first-order valence-electron chi connectivity index (χ1n) is 21.2. The highest BCUT2D eigenvalue weighted by Gasteiger charge is 2.18. The Kier molecular flexibility index (Phi) is 6.48. The molecule has 0 amide bonds. The maximum atomic E-state index is 9.80. The Morgan fingerprint density at radius 3 is 1.66 bits per heavy atom. The van der Waals surface area contributed by atoms with Crippen molar-refractivity contribution in [2.45, 2.75) is 0 Å². The Balaban J connectivity index is 1.18. The van der Waals surface area contributed by atoms with Gasteiger partial charge in [0.05, 0.1) is 8.22 Å². The Bertz CT molecular complexity index is 3540. The third-order valence-electron chi connectivity index (χ3n) is 10.0. The van der Waals surface area contributed by atoms with Gasteiger partial charge in [-0.15, -0.1) is 22.7 Å². The molecule has 3 nitrogen and oxygen atoms in total. The summed E-state index contributed by atoms with van der Waals surface area (Å²) < 4.78 is 59.5. The Morgan fingerprint density at radius 2 is 0.929 bits per heavy atom. The first kappa shape index (κ1) is 26.9. The van der Waals surface area contributed by atoms with Crippen LogP contribution in [0.15, 0.2) is 188 Å². The molecule has 262 valence electrons. The van der Waals surface area contributed by atoms with Crippen LogP contribution >= 0.6 is 22.7 Å². The molecule has 0 aliphatic carbocycles. The fourth-order valence-corrected chi connectivity index (χ4v) is 9.70. The minimum Gasteiger partial charge on any atom is -0.208 e. The zero-order valence-corrected chi connectivity index (χ0v) is 31.2. The molecule has 0 saturated heterocycles. The molecule has 3 aromatic heterocycles. The maximum absolute atomic E-state index is 9.80. The highest BCUT2D eigenvalue weighted by molar-refractivity contribution is 7.26. The van der Waals surface area contributed by atoms with E-state index in [0.717, 1.165) is 53.6 Å². The molecular formula is C51H31N3S2. The molecule has 11 rings (SSSR count). The number of nitrogens with zero attached hydrogens (tertiary/aromatic N) is 3. The average Bonchev–Trinajstić information content (AvgIpc) is 3.91. The number of hydrogen-bond acceptors (Lipinski definition) is 5. The highest BCUT2D eigenvalue weighted by atomic mass is 32.1. The van der Waals surface area contributed by atoms with Crippen molar-refractivity contribution in [1.29, 1.82) is 0 Å². The van der Waals surface area contributed by atoms with E-state index < -0.39 is 0 Å². The lowest BCUT2D eigenvalue weighted by Crippen LogP contribution is -2.00. The van der Waals surface area contributed by atoms with Crippen LogP contribution in [0.5, 0.6) is 0 Å². The van der Waals surface area contributed by atoms with Gasteiger partial charge in [0.2, 0.25) is 0 Å². The number of hydrogen-bond donors (Lipinski definition) is 0. The second-order valence-electron chi connectivity index (χ2n) is 13.5. The summed E-state index contributed by atoms with van der Waals surface area (Å²) in [4.78, 5) is 14.9. The van der Waals surface area contributed by atoms with Gasteiger partial charge in [-0.2, -0.15) is 0 Å². The van der Waals surface area contributed by atoms with Crippen molar-refractivity contribution < 1.29 is 8.22 Å². The van der Waals surface area contributed by atoms with E-state index in [1.165, 1.54) is 11.3 Å². The van der Waals surface area contributed by atoms with Crippen LogP contribution in [0.2, 0.25) is 0 Å². The molecule has 0 spiro atoms. The van der Waals surface area contributed by atoms with E-state index >= 15 is 0 Å². The molecule has 0 bridgehead atoms. The summed E-state index contributed by atoms with van der Waals surface area (Å²) in [5.74, 6) is 0.840. The number of rotatable bonds is 6. The lowest BCUT2D eigenvalue weighted by molar-refractivity contribution is 1.08. The molecule has 0 unspecified atom stereocenters. The molecule has 0 aliphatic rings. The van der Waals surface area contributed by atoms with E-state index in [0.29, 0.717) is 32.2 Å². The summed E-state index contributed by atoms with van der Waals surface area (Å²) in [7, 11) is 0. The zero-order valence-electron chi connectivity index (χ0n) is 35.6. The molecule has 0 saturated carbocycles. The van der Waals surface area contributed by atoms with Crippen molar-refractivity contribution >= 4 is 63.0 Å². The van der Waals surface area contributed by atoms with Gasteiger partial charge in [-0.05, 0) is 69.8 Å². The quantitative estimate of drug-likeness (QED) is 0.170. The van der Waals surface area contributed by atoms with Crippen LogP contribution in [0.25, 0.3) is 108 Å². The van der Waals surface area contributed by atoms with Crippen LogP contribution in [0.1, 0.15) is 8.22 Å². The van der Waals surface area contributed by atoms with E-state index in [1.807, 2.05) is 127 Å². The smallest absolute Gasteiger partial charge is 0.165 e. The van der Waals surface area contributed by atoms with Gasteiger partial charge in [0.1, 0.15) is 0 Å². The molecule has 0 N–H and O–H groups in total. The van der Waals surface area contributed by atoms with E-state index in [2.05, 4.69) is 24.3 Å². The van der Waals surface area contributed by atoms with Crippen LogP contribution in [-0.4, -0.2) is 15.0 Å². The van der Waals surface area contributed by atoms with Crippen molar-refractivity contribution in [3.63, 3.8) is 0 Å². The second-order valence-corrected chi connectivity index (χ2v) is 15.6. The van der Waals surface area contributed by atoms with Crippen molar-refractivity contribution in [3.8, 4) is 67.5 Å². The van der Waals surface area contributed by atoms with Gasteiger partial charge in [0.15, 0.2) is 17.5 Å². The van der Waals surface area contributed by atoms with Crippen LogP contribution < -0.4 is 0 Å². The Morgan fingerprint density at radius 1 is 0.357 bits per heavy atom. The minimum atomic E-state index is -0.287. The van der Waals surface area contributed by atoms with E-state index in [4.69, 9.17) is 16.3 Å². The average molecular weight is 756 g/mol. The van der Waals surface area contributed by atoms with Gasteiger partial charge in [0.25, 0.3) is 0 Å². The van der Waals surface area contributed by atoms with Gasteiger partial charge < -0.3 is 0 Å². The third-order valence-corrected chi connectivity index (χ3v) is 12.4. The molecule has 0 fully saturated rings. The second kappa shape index (κ2) is 13.5. The summed E-state index contributed by atoms with van der Waals surface area (Å²) in [5.41, 5.74) is 6.51. The van der Waals surface area contributed by atoms with E-state index in [9.17, 15) is 6.85 Å². The molecule has 3 heterocycles. The van der Waals surface area contributed by atoms with Crippen LogP contribution in [0.3, 0.4) is 0 Å². The largest absolute Gasteiger partial charge is 0.208 e. The SMILES string of the molecule is [2H]c1c([2H])c([2H])c2c(sc3c([2H])c(-c4nc(-c5ccccc5)nc(-c5cccc6c5sc5ccccc56)n4)c([2H])c([2H])c32)c1-c1cc(-c2ccccc2)cc(-c2ccccc2)c1. The molecule has 0 radical (unpaired) electrons. The fourth-order valence-electron chi connectivity index (χ4n) is 7.35. The maximum Gasteiger partial charge on any atom is 0.165 e. The first-order chi connectivity index (χ1) is 30.2. The Hall–Kier alpha value is -6.79. The topological polar surface area (TPSA) is 38.7 Å². The van der Waals surface area contributed by atoms with Gasteiger partial charge >= 0.3 is 0 Å². The molecule has 11 aromatic rings. The first-order valence-corrected chi connectivity index (χ1v) is 19.8. The predicted molar refractivity (Wildman–Crippen MR) is 238 cm³/mol. The van der Waals surface area contributed by atoms with Gasteiger partial charge in [-0.25, -0.2) is 15.0 Å². The third kappa shape index (κ3) is 5.68. The van der Waals surface area contributed by atoms with E-state index in [-0.39, 0.29) is 58.4 Å². The van der Waals surface area contributed by atoms with Crippen molar-refractivity contribution in [3.05, 3.63) is 188 Å². The summed E-state index contributed by atoms with van der Waals surface area (Å²) in [5, 5.41) is 2.72. The van der Waals surface area contributed by atoms with Crippen LogP contribution in [0.4, 0.5) is 0 Å². The van der Waals surface area contributed by atoms with Crippen molar-refractivity contribution in [1.82, 2.24) is 15.0 Å². The molecule has 0 aliphatic heterocycles. The van der Waals surface area contributed by atoms with Gasteiger partial charge in [-0.3, -0.25) is 0 Å². The monoisotopic (exact) mass is 755 g/mol. The lowest BCUT2D eigenvalue weighted by Gasteiger charge is -2.12. The van der Waals surface area contributed by atoms with Gasteiger partial charge in [0, 0.05) is 57.0 Å². The molecular weight excluding hydrogens is 719 g/mol. The highest BCUT2D eigenvalue weighted by Crippen LogP contribution is 2.44. The fraction of sp³-hybridized carbons (Fsp3) is 0. The lowest BCUT2D eigenvalue weighted by atomic mass is 9.93. The standard InChI is InChI=1S/C51H31N3S2/c1-4-14-32(15-5-1)36-28-37(33-16-6-2-7-17-33)30-38(29-36)39-21-12-22-43-41-27-26-35(31-46(41)56-47(39)43)50-52-49(34-18-8-3-9-19-34)53-51(54-50)44-24-13-23-42-40-20-10-11-25-45(40)55-48(42)44/h1-31H/i12D,21D,22D,26D,27D,31D. The number of thiophene rings is 2. The number of benzene rings is 8. The number of aromatic nitrogens is 3. The summed E-state index contributed by atoms with van der Waals surface area (Å²) >= 11 is 2.85. The molecule has 5 heteroatoms. The van der Waals surface area contributed by atoms with Crippen LogP contribution in [0, 0.1) is 0 Å². The zero-order chi connectivity index (χ0) is 42.2. The molecule has 56 heavy (non-hydrogen) atoms. The molecule has 0 atom stereocenters. The van der Waals surface area contributed by atoms with Crippen LogP contribution in [-0.2, 0) is 0 Å². The van der Waals surface area contributed by atoms with Crippen molar-refractivity contribution in [2.75, 3.05) is 0 Å². The van der Waals surface area contributed by atoms with E-state index in [1.54, 1.807) is 11.3 Å². The normalized spacial score (nSPS) is 13.1. The summed E-state index contributed by atoms with van der Waals surface area (Å²) in [6.07, 6.45) is 0.